The van der Waals surface area contributed by atoms with Crippen LogP contribution < -0.4 is 4.74 Å². The molecule has 20 heavy (non-hydrogen) atoms. The molecule has 0 N–H and O–H groups in total. The Morgan fingerprint density at radius 2 is 2.00 bits per heavy atom. The maximum Gasteiger partial charge on any atom is 0.131 e. The fourth-order valence-corrected chi connectivity index (χ4v) is 2.65. The molecule has 0 radical (unpaired) electrons. The normalized spacial score (nSPS) is 10.9. The average Bonchev–Trinajstić information content (AvgIpc) is 2.83. The molecule has 0 spiro atoms. The number of ether oxygens (including phenoxy) is 1. The molecular weight excluding hydrogens is 321 g/mol. The summed E-state index contributed by atoms with van der Waals surface area (Å²) in [4.78, 5) is 0. The van der Waals surface area contributed by atoms with E-state index in [1.807, 2.05) is 29.0 Å². The Hall–Kier alpha value is -1.81. The molecule has 0 saturated carbocycles. The van der Waals surface area contributed by atoms with Gasteiger partial charge in [0.25, 0.3) is 0 Å². The molecule has 4 heteroatoms. The molecule has 1 aromatic heterocycles. The van der Waals surface area contributed by atoms with Crippen molar-refractivity contribution in [3.05, 3.63) is 64.5 Å². The van der Waals surface area contributed by atoms with Crippen molar-refractivity contribution >= 4 is 26.8 Å². The maximum atomic E-state index is 14.0. The van der Waals surface area contributed by atoms with E-state index >= 15 is 0 Å². The Morgan fingerprint density at radius 1 is 1.15 bits per heavy atom. The van der Waals surface area contributed by atoms with Crippen LogP contribution in [0.1, 0.15) is 5.56 Å². The number of hydrogen-bond acceptors (Lipinski definition) is 1. The Bertz CT molecular complexity index is 766. The fraction of sp³-hybridized carbons (Fsp3) is 0.125. The molecule has 0 amide bonds. The van der Waals surface area contributed by atoms with Gasteiger partial charge in [0.2, 0.25) is 0 Å². The number of fused-ring (bicyclic) bond motifs is 1. The van der Waals surface area contributed by atoms with Crippen molar-refractivity contribution in [3.8, 4) is 5.75 Å². The number of benzene rings is 2. The summed E-state index contributed by atoms with van der Waals surface area (Å²) >= 11 is 3.45. The van der Waals surface area contributed by atoms with Crippen LogP contribution in [-0.4, -0.2) is 11.7 Å². The van der Waals surface area contributed by atoms with E-state index < -0.39 is 0 Å². The highest BCUT2D eigenvalue weighted by atomic mass is 79.9. The van der Waals surface area contributed by atoms with E-state index in [2.05, 4.69) is 22.0 Å². The van der Waals surface area contributed by atoms with E-state index in [4.69, 9.17) is 4.74 Å². The molecule has 0 aliphatic rings. The van der Waals surface area contributed by atoms with E-state index in [9.17, 15) is 4.39 Å². The lowest BCUT2D eigenvalue weighted by Gasteiger charge is -2.08. The minimum absolute atomic E-state index is 0.247. The second-order valence-electron chi connectivity index (χ2n) is 4.60. The zero-order chi connectivity index (χ0) is 14.1. The van der Waals surface area contributed by atoms with E-state index in [1.54, 1.807) is 12.1 Å². The highest BCUT2D eigenvalue weighted by Gasteiger charge is 2.07. The third-order valence-corrected chi connectivity index (χ3v) is 3.83. The van der Waals surface area contributed by atoms with Crippen molar-refractivity contribution in [3.63, 3.8) is 0 Å². The van der Waals surface area contributed by atoms with Crippen LogP contribution in [0.5, 0.6) is 5.75 Å². The zero-order valence-corrected chi connectivity index (χ0v) is 12.5. The first kappa shape index (κ1) is 13.2. The molecule has 0 aliphatic heterocycles. The van der Waals surface area contributed by atoms with E-state index in [0.717, 1.165) is 15.4 Å². The summed E-state index contributed by atoms with van der Waals surface area (Å²) in [5.74, 6) is 0.288. The minimum atomic E-state index is -0.247. The topological polar surface area (TPSA) is 14.2 Å². The first-order valence-electron chi connectivity index (χ1n) is 6.24. The van der Waals surface area contributed by atoms with Gasteiger partial charge in [0.05, 0.1) is 13.7 Å². The van der Waals surface area contributed by atoms with Gasteiger partial charge in [0.1, 0.15) is 11.6 Å². The monoisotopic (exact) mass is 333 g/mol. The lowest BCUT2D eigenvalue weighted by Crippen LogP contribution is -2.00. The molecule has 0 saturated heterocycles. The van der Waals surface area contributed by atoms with Gasteiger partial charge in [-0.15, -0.1) is 0 Å². The summed E-state index contributed by atoms with van der Waals surface area (Å²) in [7, 11) is 1.53. The molecule has 0 unspecified atom stereocenters. The number of halogens is 2. The van der Waals surface area contributed by atoms with Gasteiger partial charge < -0.3 is 9.30 Å². The fourth-order valence-electron chi connectivity index (χ4n) is 2.28. The molecular formula is C16H13BrFNO. The standard InChI is InChI=1S/C16H13BrFNO/c1-20-14-4-2-12(15(18)9-14)10-19-7-6-11-8-13(17)3-5-16(11)19/h2-9H,10H2,1H3. The number of rotatable bonds is 3. The van der Waals surface area contributed by atoms with Crippen molar-refractivity contribution < 1.29 is 9.13 Å². The maximum absolute atomic E-state index is 14.0. The van der Waals surface area contributed by atoms with Crippen LogP contribution in [-0.2, 0) is 6.54 Å². The summed E-state index contributed by atoms with van der Waals surface area (Å²) < 4.78 is 22.1. The molecule has 3 rings (SSSR count). The van der Waals surface area contributed by atoms with Crippen LogP contribution in [0.25, 0.3) is 10.9 Å². The summed E-state index contributed by atoms with van der Waals surface area (Å²) in [5, 5.41) is 1.13. The van der Waals surface area contributed by atoms with E-state index in [1.165, 1.54) is 13.2 Å². The largest absolute Gasteiger partial charge is 0.497 e. The molecule has 102 valence electrons. The Balaban J connectivity index is 1.97. The van der Waals surface area contributed by atoms with Crippen LogP contribution in [0.3, 0.4) is 0 Å². The van der Waals surface area contributed by atoms with Gasteiger partial charge >= 0.3 is 0 Å². The SMILES string of the molecule is COc1ccc(Cn2ccc3cc(Br)ccc32)c(F)c1. The van der Waals surface area contributed by atoms with Crippen LogP contribution >= 0.6 is 15.9 Å². The Kier molecular flexibility index (Phi) is 3.49. The second-order valence-corrected chi connectivity index (χ2v) is 5.52. The third-order valence-electron chi connectivity index (χ3n) is 3.33. The molecule has 3 aromatic rings. The minimum Gasteiger partial charge on any atom is -0.497 e. The smallest absolute Gasteiger partial charge is 0.131 e. The Labute approximate surface area is 124 Å². The summed E-state index contributed by atoms with van der Waals surface area (Å²) in [6.45, 7) is 0.501. The predicted molar refractivity (Wildman–Crippen MR) is 81.7 cm³/mol. The van der Waals surface area contributed by atoms with Gasteiger partial charge in [-0.05, 0) is 30.3 Å². The van der Waals surface area contributed by atoms with Crippen molar-refractivity contribution in [1.82, 2.24) is 4.57 Å². The number of hydrogen-bond donors (Lipinski definition) is 0. The van der Waals surface area contributed by atoms with Gasteiger partial charge in [-0.3, -0.25) is 0 Å². The van der Waals surface area contributed by atoms with Gasteiger partial charge in [0.15, 0.2) is 0 Å². The summed E-state index contributed by atoms with van der Waals surface area (Å²) in [5.41, 5.74) is 1.73. The quantitative estimate of drug-likeness (QED) is 0.683. The van der Waals surface area contributed by atoms with Crippen molar-refractivity contribution in [2.75, 3.05) is 7.11 Å². The first-order valence-corrected chi connectivity index (χ1v) is 7.03. The average molecular weight is 334 g/mol. The first-order chi connectivity index (χ1) is 9.67. The molecule has 0 aliphatic carbocycles. The number of methoxy groups -OCH3 is 1. The van der Waals surface area contributed by atoms with Gasteiger partial charge in [-0.1, -0.05) is 22.0 Å². The van der Waals surface area contributed by atoms with E-state index in [0.29, 0.717) is 17.9 Å². The van der Waals surface area contributed by atoms with Crippen molar-refractivity contribution in [1.29, 1.82) is 0 Å². The lowest BCUT2D eigenvalue weighted by atomic mass is 10.2. The van der Waals surface area contributed by atoms with Crippen LogP contribution in [0, 0.1) is 5.82 Å². The highest BCUT2D eigenvalue weighted by molar-refractivity contribution is 9.10. The van der Waals surface area contributed by atoms with Gasteiger partial charge in [-0.2, -0.15) is 0 Å². The number of aromatic nitrogens is 1. The zero-order valence-electron chi connectivity index (χ0n) is 10.9. The van der Waals surface area contributed by atoms with Crippen LogP contribution in [0.2, 0.25) is 0 Å². The highest BCUT2D eigenvalue weighted by Crippen LogP contribution is 2.23. The number of nitrogens with zero attached hydrogens (tertiary/aromatic N) is 1. The van der Waals surface area contributed by atoms with Crippen LogP contribution in [0.4, 0.5) is 4.39 Å². The summed E-state index contributed by atoms with van der Waals surface area (Å²) in [6, 6.07) is 13.1. The van der Waals surface area contributed by atoms with Gasteiger partial charge in [-0.25, -0.2) is 4.39 Å². The van der Waals surface area contributed by atoms with E-state index in [-0.39, 0.29) is 5.82 Å². The second kappa shape index (κ2) is 5.29. The van der Waals surface area contributed by atoms with Crippen LogP contribution in [0.15, 0.2) is 53.1 Å². The molecule has 0 fully saturated rings. The molecule has 2 aromatic carbocycles. The molecule has 0 bridgehead atoms. The van der Waals surface area contributed by atoms with Crippen molar-refractivity contribution in [2.24, 2.45) is 0 Å². The van der Waals surface area contributed by atoms with Gasteiger partial charge in [0, 0.05) is 33.2 Å². The Morgan fingerprint density at radius 3 is 2.75 bits per heavy atom. The predicted octanol–water partition coefficient (Wildman–Crippen LogP) is 4.60. The van der Waals surface area contributed by atoms with Crippen molar-refractivity contribution in [2.45, 2.75) is 6.54 Å². The molecule has 1 heterocycles. The lowest BCUT2D eigenvalue weighted by molar-refractivity contribution is 0.410. The third kappa shape index (κ3) is 2.43. The molecule has 2 nitrogen and oxygen atoms in total. The molecule has 0 atom stereocenters. The summed E-state index contributed by atoms with van der Waals surface area (Å²) in [6.07, 6.45) is 1.97.